The van der Waals surface area contributed by atoms with E-state index in [1.807, 2.05) is 6.92 Å². The van der Waals surface area contributed by atoms with Crippen LogP contribution >= 0.6 is 0 Å². The van der Waals surface area contributed by atoms with Crippen LogP contribution in [0, 0.1) is 11.6 Å². The molecule has 1 aromatic carbocycles. The number of carbonyl (C=O) groups excluding carboxylic acids is 1. The summed E-state index contributed by atoms with van der Waals surface area (Å²) in [5, 5.41) is 3.38. The number of hydrogen-bond acceptors (Lipinski definition) is 2. The average molecular weight is 296 g/mol. The highest BCUT2D eigenvalue weighted by molar-refractivity contribution is 5.94. The minimum Gasteiger partial charge on any atom is -0.337 e. The number of piperidine rings is 1. The van der Waals surface area contributed by atoms with Crippen LogP contribution in [0.3, 0.4) is 0 Å². The Balaban J connectivity index is 2.12. The van der Waals surface area contributed by atoms with Gasteiger partial charge in [0.2, 0.25) is 0 Å². The smallest absolute Gasteiger partial charge is 0.256 e. The van der Waals surface area contributed by atoms with Crippen molar-refractivity contribution < 1.29 is 13.6 Å². The van der Waals surface area contributed by atoms with E-state index < -0.39 is 17.5 Å². The molecule has 1 saturated heterocycles. The fourth-order valence-corrected chi connectivity index (χ4v) is 2.72. The number of benzene rings is 1. The normalized spacial score (nSPS) is 18.5. The van der Waals surface area contributed by atoms with Crippen molar-refractivity contribution in [3.63, 3.8) is 0 Å². The largest absolute Gasteiger partial charge is 0.337 e. The number of rotatable bonds is 5. The van der Waals surface area contributed by atoms with Crippen LogP contribution in [0.25, 0.3) is 0 Å². The molecular formula is C16H22F2N2O. The lowest BCUT2D eigenvalue weighted by molar-refractivity contribution is 0.0726. The van der Waals surface area contributed by atoms with Crippen molar-refractivity contribution in [2.45, 2.75) is 38.6 Å². The Bertz CT molecular complexity index is 487. The number of nitrogens with one attached hydrogen (secondary N) is 1. The Labute approximate surface area is 124 Å². The van der Waals surface area contributed by atoms with E-state index in [4.69, 9.17) is 0 Å². The summed E-state index contributed by atoms with van der Waals surface area (Å²) in [7, 11) is 0. The van der Waals surface area contributed by atoms with E-state index in [0.717, 1.165) is 50.4 Å². The first kappa shape index (κ1) is 15.9. The zero-order valence-corrected chi connectivity index (χ0v) is 12.4. The van der Waals surface area contributed by atoms with Crippen LogP contribution < -0.4 is 5.32 Å². The van der Waals surface area contributed by atoms with Crippen LogP contribution in [0.15, 0.2) is 18.2 Å². The summed E-state index contributed by atoms with van der Waals surface area (Å²) < 4.78 is 27.0. The lowest BCUT2D eigenvalue weighted by Crippen LogP contribution is -2.46. The van der Waals surface area contributed by atoms with Gasteiger partial charge in [-0.2, -0.15) is 0 Å². The molecule has 21 heavy (non-hydrogen) atoms. The molecule has 0 radical (unpaired) electrons. The molecule has 1 fully saturated rings. The maximum absolute atomic E-state index is 13.8. The van der Waals surface area contributed by atoms with Crippen molar-refractivity contribution in [1.29, 1.82) is 0 Å². The van der Waals surface area contributed by atoms with Crippen LogP contribution in [0.4, 0.5) is 8.78 Å². The summed E-state index contributed by atoms with van der Waals surface area (Å²) in [6.45, 7) is 4.01. The second-order valence-electron chi connectivity index (χ2n) is 5.52. The van der Waals surface area contributed by atoms with Crippen molar-refractivity contribution in [2.24, 2.45) is 0 Å². The van der Waals surface area contributed by atoms with E-state index in [0.29, 0.717) is 13.1 Å². The number of carbonyl (C=O) groups is 1. The van der Waals surface area contributed by atoms with Gasteiger partial charge in [0.25, 0.3) is 5.91 Å². The minimum atomic E-state index is -0.667. The van der Waals surface area contributed by atoms with Gasteiger partial charge in [-0.25, -0.2) is 8.78 Å². The molecule has 1 amide bonds. The Hall–Kier alpha value is -1.49. The molecule has 1 N–H and O–H groups in total. The molecule has 5 heteroatoms. The minimum absolute atomic E-state index is 0.181. The monoisotopic (exact) mass is 296 g/mol. The molecular weight excluding hydrogens is 274 g/mol. The van der Waals surface area contributed by atoms with Crippen LogP contribution in [0.2, 0.25) is 0 Å². The highest BCUT2D eigenvalue weighted by atomic mass is 19.1. The van der Waals surface area contributed by atoms with E-state index in [1.165, 1.54) is 0 Å². The molecule has 1 heterocycles. The number of hydrogen-bond donors (Lipinski definition) is 1. The van der Waals surface area contributed by atoms with Gasteiger partial charge in [-0.05, 0) is 44.0 Å². The molecule has 1 aliphatic rings. The molecule has 3 nitrogen and oxygen atoms in total. The Morgan fingerprint density at radius 1 is 1.38 bits per heavy atom. The van der Waals surface area contributed by atoms with E-state index in [-0.39, 0.29) is 11.6 Å². The van der Waals surface area contributed by atoms with Gasteiger partial charge in [0.15, 0.2) is 0 Å². The summed E-state index contributed by atoms with van der Waals surface area (Å²) in [6.07, 6.45) is 4.09. The van der Waals surface area contributed by atoms with Crippen molar-refractivity contribution in [1.82, 2.24) is 10.2 Å². The SMILES string of the molecule is CCCN(CC1CCCCN1)C(=O)c1cc(F)ccc1F. The summed E-state index contributed by atoms with van der Waals surface area (Å²) in [6, 6.07) is 3.25. The molecule has 0 spiro atoms. The molecule has 1 aromatic rings. The first-order valence-corrected chi connectivity index (χ1v) is 7.59. The third kappa shape index (κ3) is 4.24. The van der Waals surface area contributed by atoms with Crippen LogP contribution in [-0.4, -0.2) is 36.5 Å². The third-order valence-corrected chi connectivity index (χ3v) is 3.79. The van der Waals surface area contributed by atoms with Crippen LogP contribution in [0.1, 0.15) is 43.0 Å². The third-order valence-electron chi connectivity index (χ3n) is 3.79. The summed E-state index contributed by atoms with van der Waals surface area (Å²) in [5.41, 5.74) is -0.181. The first-order valence-electron chi connectivity index (χ1n) is 7.59. The van der Waals surface area contributed by atoms with Gasteiger partial charge in [-0.3, -0.25) is 4.79 Å². The van der Waals surface area contributed by atoms with Gasteiger partial charge in [0, 0.05) is 19.1 Å². The quantitative estimate of drug-likeness (QED) is 0.906. The molecule has 2 rings (SSSR count). The van der Waals surface area contributed by atoms with Crippen molar-refractivity contribution in [3.8, 4) is 0 Å². The predicted octanol–water partition coefficient (Wildman–Crippen LogP) is 2.96. The molecule has 1 aliphatic heterocycles. The second-order valence-corrected chi connectivity index (χ2v) is 5.52. The molecule has 0 saturated carbocycles. The van der Waals surface area contributed by atoms with Crippen molar-refractivity contribution >= 4 is 5.91 Å². The fourth-order valence-electron chi connectivity index (χ4n) is 2.72. The average Bonchev–Trinajstić information content (AvgIpc) is 2.49. The lowest BCUT2D eigenvalue weighted by atomic mass is 10.0. The van der Waals surface area contributed by atoms with Crippen molar-refractivity contribution in [2.75, 3.05) is 19.6 Å². The van der Waals surface area contributed by atoms with Gasteiger partial charge in [0.1, 0.15) is 11.6 Å². The van der Waals surface area contributed by atoms with Gasteiger partial charge in [0.05, 0.1) is 5.56 Å². The van der Waals surface area contributed by atoms with Crippen LogP contribution in [-0.2, 0) is 0 Å². The highest BCUT2D eigenvalue weighted by Gasteiger charge is 2.23. The van der Waals surface area contributed by atoms with Gasteiger partial charge in [-0.15, -0.1) is 0 Å². The predicted molar refractivity (Wildman–Crippen MR) is 78.2 cm³/mol. The topological polar surface area (TPSA) is 32.3 Å². The summed E-state index contributed by atoms with van der Waals surface area (Å²) in [4.78, 5) is 14.1. The molecule has 1 atom stereocenters. The lowest BCUT2D eigenvalue weighted by Gasteiger charge is -2.30. The van der Waals surface area contributed by atoms with Crippen LogP contribution in [0.5, 0.6) is 0 Å². The molecule has 0 bridgehead atoms. The Morgan fingerprint density at radius 3 is 2.86 bits per heavy atom. The zero-order valence-electron chi connectivity index (χ0n) is 12.4. The Kier molecular flexibility index (Phi) is 5.67. The van der Waals surface area contributed by atoms with E-state index in [1.54, 1.807) is 4.90 Å². The fraction of sp³-hybridized carbons (Fsp3) is 0.562. The van der Waals surface area contributed by atoms with E-state index in [2.05, 4.69) is 5.32 Å². The zero-order chi connectivity index (χ0) is 15.2. The standard InChI is InChI=1S/C16H22F2N2O/c1-2-9-20(11-13-5-3-4-8-19-13)16(21)14-10-12(17)6-7-15(14)18/h6-7,10,13,19H,2-5,8-9,11H2,1H3. The van der Waals surface area contributed by atoms with Gasteiger partial charge >= 0.3 is 0 Å². The summed E-state index contributed by atoms with van der Waals surface area (Å²) in [5.74, 6) is -1.69. The van der Waals surface area contributed by atoms with E-state index in [9.17, 15) is 13.6 Å². The van der Waals surface area contributed by atoms with E-state index >= 15 is 0 Å². The molecule has 1 unspecified atom stereocenters. The van der Waals surface area contributed by atoms with Gasteiger partial charge < -0.3 is 10.2 Å². The second kappa shape index (κ2) is 7.50. The number of amides is 1. The summed E-state index contributed by atoms with van der Waals surface area (Å²) >= 11 is 0. The number of halogens is 2. The Morgan fingerprint density at radius 2 is 2.19 bits per heavy atom. The number of nitrogens with zero attached hydrogens (tertiary/aromatic N) is 1. The van der Waals surface area contributed by atoms with Crippen molar-refractivity contribution in [3.05, 3.63) is 35.4 Å². The highest BCUT2D eigenvalue weighted by Crippen LogP contribution is 2.15. The molecule has 0 aromatic heterocycles. The maximum Gasteiger partial charge on any atom is 0.256 e. The first-order chi connectivity index (χ1) is 10.1. The molecule has 0 aliphatic carbocycles. The maximum atomic E-state index is 13.8. The van der Waals surface area contributed by atoms with Gasteiger partial charge in [-0.1, -0.05) is 13.3 Å². The molecule has 116 valence electrons.